The molecule has 2 unspecified atom stereocenters. The van der Waals surface area contributed by atoms with Crippen LogP contribution in [0.25, 0.3) is 0 Å². The SMILES string of the molecule is O=C(CSC(c1ccccc1O)C1CC(O)=CC=C1O)N1CCCCC1. The summed E-state index contributed by atoms with van der Waals surface area (Å²) >= 11 is 1.41. The molecule has 1 saturated heterocycles. The van der Waals surface area contributed by atoms with Gasteiger partial charge < -0.3 is 20.2 Å². The second-order valence-electron chi connectivity index (χ2n) is 6.79. The molecule has 1 fully saturated rings. The van der Waals surface area contributed by atoms with Crippen LogP contribution in [-0.2, 0) is 4.79 Å². The summed E-state index contributed by atoms with van der Waals surface area (Å²) in [6, 6.07) is 6.98. The van der Waals surface area contributed by atoms with Gasteiger partial charge in [-0.1, -0.05) is 18.2 Å². The number of benzene rings is 1. The molecule has 1 amide bonds. The van der Waals surface area contributed by atoms with Gasteiger partial charge in [0.2, 0.25) is 5.91 Å². The number of carbonyl (C=O) groups is 1. The summed E-state index contributed by atoms with van der Waals surface area (Å²) in [5.74, 6) is 0.483. The van der Waals surface area contributed by atoms with Gasteiger partial charge in [0.1, 0.15) is 5.75 Å². The molecule has 1 aromatic carbocycles. The Kier molecular flexibility index (Phi) is 6.14. The van der Waals surface area contributed by atoms with Crippen molar-refractivity contribution < 1.29 is 20.1 Å². The first-order valence-corrected chi connectivity index (χ1v) is 10.1. The minimum Gasteiger partial charge on any atom is -0.512 e. The lowest BCUT2D eigenvalue weighted by molar-refractivity contribution is -0.129. The molecule has 1 heterocycles. The van der Waals surface area contributed by atoms with Gasteiger partial charge in [-0.15, -0.1) is 11.8 Å². The Morgan fingerprint density at radius 1 is 1.12 bits per heavy atom. The summed E-state index contributed by atoms with van der Waals surface area (Å²) in [5.41, 5.74) is 0.670. The number of allylic oxidation sites excluding steroid dienone is 4. The van der Waals surface area contributed by atoms with Gasteiger partial charge in [0, 0.05) is 36.2 Å². The van der Waals surface area contributed by atoms with Crippen LogP contribution in [0.3, 0.4) is 0 Å². The molecule has 26 heavy (non-hydrogen) atoms. The molecule has 3 rings (SSSR count). The van der Waals surface area contributed by atoms with E-state index in [9.17, 15) is 20.1 Å². The molecule has 0 saturated carbocycles. The number of hydrogen-bond donors (Lipinski definition) is 3. The van der Waals surface area contributed by atoms with Gasteiger partial charge in [-0.3, -0.25) is 4.79 Å². The number of aliphatic hydroxyl groups excluding tert-OH is 2. The number of hydrogen-bond acceptors (Lipinski definition) is 5. The fourth-order valence-electron chi connectivity index (χ4n) is 3.51. The number of thioether (sulfide) groups is 1. The van der Waals surface area contributed by atoms with E-state index in [1.807, 2.05) is 11.0 Å². The summed E-state index contributed by atoms with van der Waals surface area (Å²) < 4.78 is 0. The molecule has 0 spiro atoms. The van der Waals surface area contributed by atoms with Crippen LogP contribution in [0.4, 0.5) is 0 Å². The second-order valence-corrected chi connectivity index (χ2v) is 7.92. The number of aliphatic hydroxyl groups is 2. The van der Waals surface area contributed by atoms with E-state index in [2.05, 4.69) is 0 Å². The molecule has 0 bridgehead atoms. The summed E-state index contributed by atoms with van der Waals surface area (Å²) in [4.78, 5) is 14.4. The van der Waals surface area contributed by atoms with Crippen LogP contribution >= 0.6 is 11.8 Å². The van der Waals surface area contributed by atoms with Crippen molar-refractivity contribution in [3.05, 3.63) is 53.5 Å². The highest BCUT2D eigenvalue weighted by molar-refractivity contribution is 8.00. The van der Waals surface area contributed by atoms with E-state index in [4.69, 9.17) is 0 Å². The number of piperidine rings is 1. The predicted octanol–water partition coefficient (Wildman–Crippen LogP) is 4.08. The highest BCUT2D eigenvalue weighted by atomic mass is 32.2. The van der Waals surface area contributed by atoms with E-state index in [0.717, 1.165) is 25.9 Å². The van der Waals surface area contributed by atoms with Crippen molar-refractivity contribution in [3.8, 4) is 5.75 Å². The maximum atomic E-state index is 12.6. The molecule has 1 aliphatic carbocycles. The Balaban J connectivity index is 1.77. The van der Waals surface area contributed by atoms with E-state index in [-0.39, 0.29) is 46.5 Å². The molecule has 0 radical (unpaired) electrons. The molecule has 6 heteroatoms. The van der Waals surface area contributed by atoms with Crippen LogP contribution in [0, 0.1) is 5.92 Å². The van der Waals surface area contributed by atoms with E-state index in [1.165, 1.54) is 30.3 Å². The third-order valence-electron chi connectivity index (χ3n) is 4.96. The lowest BCUT2D eigenvalue weighted by Gasteiger charge is -2.30. The largest absolute Gasteiger partial charge is 0.512 e. The van der Waals surface area contributed by atoms with E-state index in [0.29, 0.717) is 5.56 Å². The topological polar surface area (TPSA) is 81.0 Å². The summed E-state index contributed by atoms with van der Waals surface area (Å²) in [6.07, 6.45) is 6.52. The smallest absolute Gasteiger partial charge is 0.232 e. The van der Waals surface area contributed by atoms with E-state index >= 15 is 0 Å². The zero-order valence-corrected chi connectivity index (χ0v) is 15.5. The molecule has 1 aliphatic heterocycles. The molecular formula is C20H25NO4S. The van der Waals surface area contributed by atoms with Gasteiger partial charge in [0.05, 0.1) is 17.3 Å². The number of likely N-dealkylation sites (tertiary alicyclic amines) is 1. The van der Waals surface area contributed by atoms with Crippen LogP contribution < -0.4 is 0 Å². The lowest BCUT2D eigenvalue weighted by atomic mass is 9.89. The molecule has 140 valence electrons. The number of phenolic OH excluding ortho intramolecular Hbond substituents is 1. The maximum absolute atomic E-state index is 12.6. The van der Waals surface area contributed by atoms with Crippen LogP contribution in [0.1, 0.15) is 36.5 Å². The van der Waals surface area contributed by atoms with Crippen molar-refractivity contribution in [1.82, 2.24) is 4.90 Å². The van der Waals surface area contributed by atoms with Gasteiger partial charge >= 0.3 is 0 Å². The molecule has 0 aromatic heterocycles. The van der Waals surface area contributed by atoms with Gasteiger partial charge in [0.25, 0.3) is 0 Å². The molecule has 3 N–H and O–H groups in total. The first-order valence-electron chi connectivity index (χ1n) is 9.02. The lowest BCUT2D eigenvalue weighted by Crippen LogP contribution is -2.37. The number of nitrogens with zero attached hydrogens (tertiary/aromatic N) is 1. The van der Waals surface area contributed by atoms with Crippen molar-refractivity contribution in [3.63, 3.8) is 0 Å². The monoisotopic (exact) mass is 375 g/mol. The fourth-order valence-corrected chi connectivity index (χ4v) is 4.86. The standard InChI is InChI=1S/C20H25NO4S/c22-14-8-9-18(24)16(12-14)20(15-6-2-3-7-17(15)23)26-13-19(25)21-10-4-1-5-11-21/h2-3,6-9,16,20,22-24H,1,4-5,10-13H2. The number of carbonyl (C=O) groups excluding carboxylic acids is 1. The Hall–Kier alpha value is -2.08. The van der Waals surface area contributed by atoms with Crippen molar-refractivity contribution in [1.29, 1.82) is 0 Å². The number of phenols is 1. The van der Waals surface area contributed by atoms with Crippen molar-refractivity contribution in [2.75, 3.05) is 18.8 Å². The summed E-state index contributed by atoms with van der Waals surface area (Å²) in [6.45, 7) is 1.61. The third kappa shape index (κ3) is 4.36. The minimum atomic E-state index is -0.382. The highest BCUT2D eigenvalue weighted by Gasteiger charge is 2.32. The Morgan fingerprint density at radius 3 is 2.58 bits per heavy atom. The molecule has 2 aliphatic rings. The van der Waals surface area contributed by atoms with Gasteiger partial charge in [-0.2, -0.15) is 0 Å². The van der Waals surface area contributed by atoms with Crippen molar-refractivity contribution in [2.24, 2.45) is 5.92 Å². The maximum Gasteiger partial charge on any atom is 0.232 e. The molecule has 2 atom stereocenters. The Bertz CT molecular complexity index is 710. The van der Waals surface area contributed by atoms with E-state index < -0.39 is 0 Å². The number of para-hydroxylation sites is 1. The molecular weight excluding hydrogens is 350 g/mol. The van der Waals surface area contributed by atoms with Gasteiger partial charge in [-0.25, -0.2) is 0 Å². The normalized spacial score (nSPS) is 21.7. The zero-order valence-electron chi connectivity index (χ0n) is 14.7. The first kappa shape index (κ1) is 18.7. The van der Waals surface area contributed by atoms with Crippen molar-refractivity contribution >= 4 is 17.7 Å². The van der Waals surface area contributed by atoms with Crippen LogP contribution in [-0.4, -0.2) is 45.0 Å². The Labute approximate surface area is 158 Å². The van der Waals surface area contributed by atoms with Crippen LogP contribution in [0.2, 0.25) is 0 Å². The Morgan fingerprint density at radius 2 is 1.85 bits per heavy atom. The third-order valence-corrected chi connectivity index (χ3v) is 6.31. The quantitative estimate of drug-likeness (QED) is 0.722. The average molecular weight is 375 g/mol. The summed E-state index contributed by atoms with van der Waals surface area (Å²) in [7, 11) is 0. The average Bonchev–Trinajstić information content (AvgIpc) is 2.66. The molecule has 5 nitrogen and oxygen atoms in total. The fraction of sp³-hybridized carbons (Fsp3) is 0.450. The minimum absolute atomic E-state index is 0.0918. The highest BCUT2D eigenvalue weighted by Crippen LogP contribution is 2.45. The first-order chi connectivity index (χ1) is 12.6. The predicted molar refractivity (Wildman–Crippen MR) is 103 cm³/mol. The molecule has 1 aromatic rings. The van der Waals surface area contributed by atoms with E-state index in [1.54, 1.807) is 18.2 Å². The van der Waals surface area contributed by atoms with Gasteiger partial charge in [-0.05, 0) is 37.5 Å². The van der Waals surface area contributed by atoms with Crippen LogP contribution in [0.15, 0.2) is 47.9 Å². The number of amides is 1. The number of rotatable bonds is 5. The van der Waals surface area contributed by atoms with Gasteiger partial charge in [0.15, 0.2) is 0 Å². The summed E-state index contributed by atoms with van der Waals surface area (Å²) in [5, 5.41) is 30.2. The number of aromatic hydroxyl groups is 1. The van der Waals surface area contributed by atoms with Crippen molar-refractivity contribution in [2.45, 2.75) is 30.9 Å². The van der Waals surface area contributed by atoms with Crippen LogP contribution in [0.5, 0.6) is 5.75 Å². The zero-order chi connectivity index (χ0) is 18.5. The second kappa shape index (κ2) is 8.54.